The van der Waals surface area contributed by atoms with Crippen molar-refractivity contribution < 1.29 is 0 Å². The van der Waals surface area contributed by atoms with Gasteiger partial charge in [0.25, 0.3) is 0 Å². The van der Waals surface area contributed by atoms with Crippen LogP contribution in [0.2, 0.25) is 0 Å². The number of rotatable bonds is 1. The summed E-state index contributed by atoms with van der Waals surface area (Å²) in [4.78, 5) is 0. The standard InChI is InChI=1S/C11H18I2/c12-10(6-2-1-3-7-10)11(13)8-4-5-9-11/h1-9H2. The maximum Gasteiger partial charge on any atom is 0.0367 e. The SMILES string of the molecule is IC1(C2(I)CCCC2)CCCCC1. The molecule has 2 aliphatic rings. The summed E-state index contributed by atoms with van der Waals surface area (Å²) in [6.45, 7) is 0. The summed E-state index contributed by atoms with van der Waals surface area (Å²) >= 11 is 5.60. The van der Waals surface area contributed by atoms with Gasteiger partial charge in [-0.05, 0) is 25.7 Å². The molecule has 0 spiro atoms. The summed E-state index contributed by atoms with van der Waals surface area (Å²) in [5.41, 5.74) is 0. The number of hydrogen-bond donors (Lipinski definition) is 0. The van der Waals surface area contributed by atoms with Gasteiger partial charge >= 0.3 is 0 Å². The molecule has 0 amide bonds. The van der Waals surface area contributed by atoms with Crippen molar-refractivity contribution in [3.8, 4) is 0 Å². The minimum atomic E-state index is 0.653. The Bertz CT molecular complexity index is 177. The van der Waals surface area contributed by atoms with Gasteiger partial charge in [-0.25, -0.2) is 0 Å². The number of alkyl halides is 2. The third-order valence-corrected chi connectivity index (χ3v) is 9.10. The Morgan fingerprint density at radius 3 is 1.23 bits per heavy atom. The van der Waals surface area contributed by atoms with Gasteiger partial charge in [-0.3, -0.25) is 0 Å². The molecule has 0 saturated heterocycles. The van der Waals surface area contributed by atoms with Crippen molar-refractivity contribution in [1.29, 1.82) is 0 Å². The van der Waals surface area contributed by atoms with E-state index in [0.29, 0.717) is 6.84 Å². The van der Waals surface area contributed by atoms with Gasteiger partial charge in [0.2, 0.25) is 0 Å². The molecular formula is C11H18I2. The van der Waals surface area contributed by atoms with Gasteiger partial charge in [0.05, 0.1) is 0 Å². The molecule has 0 unspecified atom stereocenters. The fourth-order valence-corrected chi connectivity index (χ4v) is 5.55. The van der Waals surface area contributed by atoms with Crippen LogP contribution in [0, 0.1) is 0 Å². The Morgan fingerprint density at radius 1 is 0.538 bits per heavy atom. The van der Waals surface area contributed by atoms with E-state index < -0.39 is 0 Å². The summed E-state index contributed by atoms with van der Waals surface area (Å²) in [7, 11) is 0. The van der Waals surface area contributed by atoms with Gasteiger partial charge in [-0.2, -0.15) is 0 Å². The number of hydrogen-bond acceptors (Lipinski definition) is 0. The van der Waals surface area contributed by atoms with E-state index in [1.807, 2.05) is 0 Å². The summed E-state index contributed by atoms with van der Waals surface area (Å²) in [6.07, 6.45) is 13.3. The van der Waals surface area contributed by atoms with Crippen molar-refractivity contribution in [2.24, 2.45) is 0 Å². The lowest BCUT2D eigenvalue weighted by atomic mass is 9.79. The Hall–Kier alpha value is 1.46. The molecule has 0 aliphatic heterocycles. The molecule has 0 atom stereocenters. The van der Waals surface area contributed by atoms with E-state index in [-0.39, 0.29) is 0 Å². The minimum absolute atomic E-state index is 0.653. The molecule has 13 heavy (non-hydrogen) atoms. The molecule has 2 aliphatic carbocycles. The quantitative estimate of drug-likeness (QED) is 0.432. The maximum atomic E-state index is 2.80. The van der Waals surface area contributed by atoms with E-state index in [2.05, 4.69) is 45.2 Å². The van der Waals surface area contributed by atoms with Crippen LogP contribution in [0.15, 0.2) is 0 Å². The van der Waals surface area contributed by atoms with Crippen LogP contribution in [0.3, 0.4) is 0 Å². The van der Waals surface area contributed by atoms with Gasteiger partial charge in [0.15, 0.2) is 0 Å². The molecule has 0 aromatic rings. The lowest BCUT2D eigenvalue weighted by molar-refractivity contribution is 0.349. The Morgan fingerprint density at radius 2 is 0.846 bits per heavy atom. The highest BCUT2D eigenvalue weighted by atomic mass is 127. The average molecular weight is 404 g/mol. The van der Waals surface area contributed by atoms with Crippen LogP contribution in [0.4, 0.5) is 0 Å². The molecule has 0 N–H and O–H groups in total. The molecule has 2 heteroatoms. The smallest absolute Gasteiger partial charge is 0.0367 e. The predicted octanol–water partition coefficient (Wildman–Crippen LogP) is 4.87. The van der Waals surface area contributed by atoms with Crippen LogP contribution in [0.5, 0.6) is 0 Å². The molecule has 0 bridgehead atoms. The van der Waals surface area contributed by atoms with Gasteiger partial charge in [0, 0.05) is 6.84 Å². The zero-order chi connectivity index (χ0) is 9.36. The van der Waals surface area contributed by atoms with Crippen molar-refractivity contribution >= 4 is 45.2 Å². The Kier molecular flexibility index (Phi) is 3.49. The van der Waals surface area contributed by atoms with Gasteiger partial charge in [-0.1, -0.05) is 77.3 Å². The monoisotopic (exact) mass is 404 g/mol. The molecule has 0 nitrogen and oxygen atoms in total. The van der Waals surface area contributed by atoms with Crippen LogP contribution in [-0.4, -0.2) is 6.84 Å². The minimum Gasteiger partial charge on any atom is -0.0774 e. The second-order valence-electron chi connectivity index (χ2n) is 4.70. The summed E-state index contributed by atoms with van der Waals surface area (Å²) in [5.74, 6) is 0. The molecular weight excluding hydrogens is 386 g/mol. The summed E-state index contributed by atoms with van der Waals surface area (Å²) < 4.78 is 1.31. The molecule has 76 valence electrons. The lowest BCUT2D eigenvalue weighted by Gasteiger charge is -2.44. The van der Waals surface area contributed by atoms with Crippen LogP contribution >= 0.6 is 45.2 Å². The normalized spacial score (nSPS) is 31.8. The van der Waals surface area contributed by atoms with E-state index >= 15 is 0 Å². The molecule has 2 rings (SSSR count). The second kappa shape index (κ2) is 4.14. The zero-order valence-corrected chi connectivity index (χ0v) is 12.4. The molecule has 2 fully saturated rings. The summed E-state index contributed by atoms with van der Waals surface area (Å²) in [6, 6.07) is 0. The van der Waals surface area contributed by atoms with E-state index in [1.54, 1.807) is 0 Å². The van der Waals surface area contributed by atoms with Gasteiger partial charge in [0.1, 0.15) is 0 Å². The molecule has 0 aromatic carbocycles. The first-order chi connectivity index (χ1) is 6.16. The van der Waals surface area contributed by atoms with Crippen molar-refractivity contribution in [3.05, 3.63) is 0 Å². The third-order valence-electron chi connectivity index (χ3n) is 3.85. The van der Waals surface area contributed by atoms with E-state index in [9.17, 15) is 0 Å². The largest absolute Gasteiger partial charge is 0.0774 e. The highest BCUT2D eigenvalue weighted by Crippen LogP contribution is 2.56. The predicted molar refractivity (Wildman–Crippen MR) is 75.1 cm³/mol. The highest BCUT2D eigenvalue weighted by Gasteiger charge is 2.49. The molecule has 0 heterocycles. The van der Waals surface area contributed by atoms with E-state index in [1.165, 1.54) is 57.8 Å². The molecule has 2 saturated carbocycles. The van der Waals surface area contributed by atoms with E-state index in [4.69, 9.17) is 0 Å². The molecule has 0 aromatic heterocycles. The number of halogens is 2. The van der Waals surface area contributed by atoms with Crippen LogP contribution in [0.1, 0.15) is 57.8 Å². The maximum absolute atomic E-state index is 2.80. The van der Waals surface area contributed by atoms with Crippen molar-refractivity contribution in [3.63, 3.8) is 0 Å². The van der Waals surface area contributed by atoms with Gasteiger partial charge < -0.3 is 0 Å². The van der Waals surface area contributed by atoms with Crippen molar-refractivity contribution in [1.82, 2.24) is 0 Å². The first-order valence-electron chi connectivity index (χ1n) is 5.54. The summed E-state index contributed by atoms with van der Waals surface area (Å²) in [5, 5.41) is 0. The fourth-order valence-electron chi connectivity index (χ4n) is 2.94. The van der Waals surface area contributed by atoms with Crippen LogP contribution in [-0.2, 0) is 0 Å². The first-order valence-corrected chi connectivity index (χ1v) is 7.70. The first kappa shape index (κ1) is 11.0. The Labute approximate surface area is 109 Å². The Balaban J connectivity index is 2.11. The van der Waals surface area contributed by atoms with Crippen molar-refractivity contribution in [2.75, 3.05) is 0 Å². The van der Waals surface area contributed by atoms with Gasteiger partial charge in [-0.15, -0.1) is 0 Å². The zero-order valence-electron chi connectivity index (χ0n) is 8.12. The topological polar surface area (TPSA) is 0 Å². The average Bonchev–Trinajstić information content (AvgIpc) is 2.55. The van der Waals surface area contributed by atoms with Crippen LogP contribution in [0.25, 0.3) is 0 Å². The fraction of sp³-hybridized carbons (Fsp3) is 1.00. The van der Waals surface area contributed by atoms with Crippen LogP contribution < -0.4 is 0 Å². The second-order valence-corrected chi connectivity index (χ2v) is 8.83. The molecule has 0 radical (unpaired) electrons. The van der Waals surface area contributed by atoms with E-state index in [0.717, 1.165) is 0 Å². The highest BCUT2D eigenvalue weighted by molar-refractivity contribution is 14.1. The van der Waals surface area contributed by atoms with Crippen molar-refractivity contribution in [2.45, 2.75) is 64.6 Å². The third kappa shape index (κ3) is 2.04. The lowest BCUT2D eigenvalue weighted by Crippen LogP contribution is -2.43.